The van der Waals surface area contributed by atoms with E-state index in [1.54, 1.807) is 6.92 Å². The fraction of sp³-hybridized carbons (Fsp3) is 0.333. The summed E-state index contributed by atoms with van der Waals surface area (Å²) in [4.78, 5) is 0. The summed E-state index contributed by atoms with van der Waals surface area (Å²) >= 11 is 0. The SMILES string of the molecule is CC=CF.Cl.Cl. The first-order chi connectivity index (χ1) is 1.91. The average Bonchev–Trinajstić information content (AvgIpc) is 1.37. The molecule has 0 aromatic rings. The first kappa shape index (κ1) is 16.3. The van der Waals surface area contributed by atoms with Crippen molar-refractivity contribution in [2.24, 2.45) is 0 Å². The molecule has 0 nitrogen and oxygen atoms in total. The van der Waals surface area contributed by atoms with E-state index in [0.29, 0.717) is 6.33 Å². The molecule has 0 aliphatic heterocycles. The Kier molecular flexibility index (Phi) is 50.9. The van der Waals surface area contributed by atoms with Crippen LogP contribution in [0.2, 0.25) is 0 Å². The van der Waals surface area contributed by atoms with Crippen molar-refractivity contribution in [2.45, 2.75) is 6.92 Å². The van der Waals surface area contributed by atoms with Gasteiger partial charge in [0.05, 0.1) is 6.33 Å². The molecule has 0 rings (SSSR count). The van der Waals surface area contributed by atoms with Gasteiger partial charge in [0.1, 0.15) is 0 Å². The lowest BCUT2D eigenvalue weighted by atomic mass is 10.8. The Balaban J connectivity index is -0.0000000450. The lowest BCUT2D eigenvalue weighted by Crippen LogP contribution is -1.22. The van der Waals surface area contributed by atoms with Gasteiger partial charge in [-0.2, -0.15) is 0 Å². The Morgan fingerprint density at radius 2 is 1.50 bits per heavy atom. The van der Waals surface area contributed by atoms with Gasteiger partial charge < -0.3 is 0 Å². The second kappa shape index (κ2) is 18.7. The molecule has 0 fully saturated rings. The minimum atomic E-state index is 0. The maximum absolute atomic E-state index is 10.5. The van der Waals surface area contributed by atoms with E-state index < -0.39 is 0 Å². The smallest absolute Gasteiger partial charge is 0.0824 e. The third-order valence-electron chi connectivity index (χ3n) is 0.126. The third-order valence-corrected chi connectivity index (χ3v) is 0.126. The molecule has 0 aliphatic carbocycles. The van der Waals surface area contributed by atoms with Gasteiger partial charge in [0.2, 0.25) is 0 Å². The Hall–Kier alpha value is 0.250. The van der Waals surface area contributed by atoms with E-state index in [2.05, 4.69) is 0 Å². The second-order valence-corrected chi connectivity index (χ2v) is 0.459. The molecular formula is C3H7Cl2F. The van der Waals surface area contributed by atoms with Gasteiger partial charge in [-0.05, 0) is 6.92 Å². The van der Waals surface area contributed by atoms with Gasteiger partial charge in [0.15, 0.2) is 0 Å². The van der Waals surface area contributed by atoms with Crippen molar-refractivity contribution in [3.63, 3.8) is 0 Å². The highest BCUT2D eigenvalue weighted by Crippen LogP contribution is 1.62. The fourth-order valence-corrected chi connectivity index (χ4v) is 0. The lowest BCUT2D eigenvalue weighted by Gasteiger charge is -1.45. The van der Waals surface area contributed by atoms with Crippen LogP contribution in [0.5, 0.6) is 0 Å². The number of allylic oxidation sites excluding steroid dienone is 1. The van der Waals surface area contributed by atoms with E-state index in [-0.39, 0.29) is 24.8 Å². The first-order valence-corrected chi connectivity index (χ1v) is 1.13. The highest BCUT2D eigenvalue weighted by Gasteiger charge is 1.38. The normalized spacial score (nSPS) is 6.33. The van der Waals surface area contributed by atoms with Crippen molar-refractivity contribution in [1.82, 2.24) is 0 Å². The molecule has 3 heteroatoms. The predicted molar refractivity (Wildman–Crippen MR) is 30.4 cm³/mol. The molecule has 0 heterocycles. The lowest BCUT2D eigenvalue weighted by molar-refractivity contribution is 0.719. The van der Waals surface area contributed by atoms with Crippen LogP contribution in [0.15, 0.2) is 12.4 Å². The largest absolute Gasteiger partial charge is 0.216 e. The van der Waals surface area contributed by atoms with E-state index in [0.717, 1.165) is 0 Å². The number of rotatable bonds is 0. The summed E-state index contributed by atoms with van der Waals surface area (Å²) in [6.45, 7) is 1.62. The van der Waals surface area contributed by atoms with Crippen LogP contribution in [-0.2, 0) is 0 Å². The standard InChI is InChI=1S/C3H5F.2ClH/c1-2-3-4;;/h2-3H,1H3;2*1H. The molecule has 0 radical (unpaired) electrons. The molecule has 0 aliphatic rings. The summed E-state index contributed by atoms with van der Waals surface area (Å²) in [5.74, 6) is 0. The van der Waals surface area contributed by atoms with E-state index in [1.807, 2.05) is 0 Å². The number of hydrogen-bond donors (Lipinski definition) is 0. The van der Waals surface area contributed by atoms with Gasteiger partial charge >= 0.3 is 0 Å². The van der Waals surface area contributed by atoms with E-state index in [9.17, 15) is 4.39 Å². The van der Waals surface area contributed by atoms with Crippen molar-refractivity contribution in [1.29, 1.82) is 0 Å². The van der Waals surface area contributed by atoms with Crippen LogP contribution in [0.4, 0.5) is 4.39 Å². The summed E-state index contributed by atoms with van der Waals surface area (Å²) < 4.78 is 10.5. The summed E-state index contributed by atoms with van der Waals surface area (Å²) in [6.07, 6.45) is 1.83. The molecule has 0 amide bonds. The third kappa shape index (κ3) is 28.7. The second-order valence-electron chi connectivity index (χ2n) is 0.459. The van der Waals surface area contributed by atoms with Crippen LogP contribution < -0.4 is 0 Å². The summed E-state index contributed by atoms with van der Waals surface area (Å²) in [6, 6.07) is 0. The maximum atomic E-state index is 10.5. The molecule has 40 valence electrons. The first-order valence-electron chi connectivity index (χ1n) is 1.13. The van der Waals surface area contributed by atoms with Crippen molar-refractivity contribution in [3.05, 3.63) is 12.4 Å². The molecular weight excluding hydrogens is 126 g/mol. The van der Waals surface area contributed by atoms with Crippen LogP contribution in [0.1, 0.15) is 6.92 Å². The van der Waals surface area contributed by atoms with Crippen LogP contribution >= 0.6 is 24.8 Å². The minimum Gasteiger partial charge on any atom is -0.216 e. The number of hydrogen-bond acceptors (Lipinski definition) is 0. The number of halogens is 3. The molecule has 0 aromatic carbocycles. The molecule has 0 N–H and O–H groups in total. The molecule has 6 heavy (non-hydrogen) atoms. The highest BCUT2D eigenvalue weighted by molar-refractivity contribution is 5.85. The molecule has 0 spiro atoms. The van der Waals surface area contributed by atoms with Crippen molar-refractivity contribution < 1.29 is 4.39 Å². The Labute approximate surface area is 49.3 Å². The summed E-state index contributed by atoms with van der Waals surface area (Å²) in [5, 5.41) is 0. The van der Waals surface area contributed by atoms with Crippen LogP contribution in [0, 0.1) is 0 Å². The quantitative estimate of drug-likeness (QED) is 0.475. The molecule has 0 atom stereocenters. The van der Waals surface area contributed by atoms with Crippen LogP contribution in [0.3, 0.4) is 0 Å². The van der Waals surface area contributed by atoms with Gasteiger partial charge in [0.25, 0.3) is 0 Å². The zero-order valence-corrected chi connectivity index (χ0v) is 4.98. The Morgan fingerprint density at radius 1 is 1.33 bits per heavy atom. The monoisotopic (exact) mass is 132 g/mol. The van der Waals surface area contributed by atoms with Gasteiger partial charge in [-0.1, -0.05) is 6.08 Å². The zero-order valence-electron chi connectivity index (χ0n) is 3.35. The average molecular weight is 133 g/mol. The zero-order chi connectivity index (χ0) is 3.41. The Morgan fingerprint density at radius 3 is 1.50 bits per heavy atom. The molecule has 0 saturated heterocycles. The van der Waals surface area contributed by atoms with Gasteiger partial charge in [0, 0.05) is 0 Å². The fourth-order valence-electron chi connectivity index (χ4n) is 0. The van der Waals surface area contributed by atoms with Crippen molar-refractivity contribution in [3.8, 4) is 0 Å². The van der Waals surface area contributed by atoms with E-state index in [1.165, 1.54) is 6.08 Å². The highest BCUT2D eigenvalue weighted by atomic mass is 35.5. The van der Waals surface area contributed by atoms with Gasteiger partial charge in [-0.15, -0.1) is 24.8 Å². The van der Waals surface area contributed by atoms with Crippen LogP contribution in [0.25, 0.3) is 0 Å². The summed E-state index contributed by atoms with van der Waals surface area (Å²) in [7, 11) is 0. The van der Waals surface area contributed by atoms with Crippen molar-refractivity contribution in [2.75, 3.05) is 0 Å². The molecule has 0 bridgehead atoms. The molecule has 0 unspecified atom stereocenters. The topological polar surface area (TPSA) is 0 Å². The minimum absolute atomic E-state index is 0. The predicted octanol–water partition coefficient (Wildman–Crippen LogP) is 2.33. The van der Waals surface area contributed by atoms with E-state index >= 15 is 0 Å². The van der Waals surface area contributed by atoms with Gasteiger partial charge in [-0.3, -0.25) is 0 Å². The van der Waals surface area contributed by atoms with Crippen molar-refractivity contribution >= 4 is 24.8 Å². The maximum Gasteiger partial charge on any atom is 0.0824 e. The molecule has 0 aromatic heterocycles. The van der Waals surface area contributed by atoms with Gasteiger partial charge in [-0.25, -0.2) is 4.39 Å². The Bertz CT molecular complexity index is 24.0. The van der Waals surface area contributed by atoms with Crippen LogP contribution in [-0.4, -0.2) is 0 Å². The summed E-state index contributed by atoms with van der Waals surface area (Å²) in [5.41, 5.74) is 0. The molecule has 0 saturated carbocycles. The van der Waals surface area contributed by atoms with E-state index in [4.69, 9.17) is 0 Å².